The zero-order chi connectivity index (χ0) is 19.6. The summed E-state index contributed by atoms with van der Waals surface area (Å²) < 4.78 is 6.20. The highest BCUT2D eigenvalue weighted by atomic mass is 16.5. The second-order valence-electron chi connectivity index (χ2n) is 6.66. The summed E-state index contributed by atoms with van der Waals surface area (Å²) >= 11 is 0. The number of carbonyl (C=O) groups is 3. The number of rotatable bonds is 4. The largest absolute Gasteiger partial charge is 0.383 e. The molecule has 144 valence electrons. The van der Waals surface area contributed by atoms with Crippen LogP contribution in [0.2, 0.25) is 0 Å². The molecule has 2 unspecified atom stereocenters. The van der Waals surface area contributed by atoms with Crippen LogP contribution in [0, 0.1) is 12.8 Å². The van der Waals surface area contributed by atoms with Crippen molar-refractivity contribution in [1.29, 1.82) is 0 Å². The van der Waals surface area contributed by atoms with E-state index in [0.717, 1.165) is 25.0 Å². The molecule has 10 heteroatoms. The van der Waals surface area contributed by atoms with Gasteiger partial charge in [0, 0.05) is 24.9 Å². The Hall–Kier alpha value is -2.88. The lowest BCUT2D eigenvalue weighted by molar-refractivity contribution is -0.136. The molecule has 2 N–H and O–H groups in total. The fraction of sp³-hybridized carbons (Fsp3) is 0.529. The van der Waals surface area contributed by atoms with E-state index in [9.17, 15) is 14.4 Å². The highest BCUT2D eigenvalue weighted by Crippen LogP contribution is 2.27. The van der Waals surface area contributed by atoms with Crippen molar-refractivity contribution in [2.24, 2.45) is 15.9 Å². The Morgan fingerprint density at radius 2 is 2.15 bits per heavy atom. The SMILES string of the molecule is COCC(C)NC(=O)C(=O)Nc1cc(C)nn1C1=NC(=O)C2CCCC2=N1. The molecule has 2 atom stereocenters. The first-order valence-electron chi connectivity index (χ1n) is 8.77. The quantitative estimate of drug-likeness (QED) is 0.731. The molecule has 0 spiro atoms. The average molecular weight is 374 g/mol. The van der Waals surface area contributed by atoms with Gasteiger partial charge in [-0.1, -0.05) is 0 Å². The Balaban J connectivity index is 1.78. The molecule has 0 aromatic carbocycles. The van der Waals surface area contributed by atoms with Gasteiger partial charge in [-0.25, -0.2) is 4.99 Å². The minimum Gasteiger partial charge on any atom is -0.383 e. The molecular weight excluding hydrogens is 352 g/mol. The van der Waals surface area contributed by atoms with Crippen LogP contribution in [-0.4, -0.2) is 58.9 Å². The van der Waals surface area contributed by atoms with Gasteiger partial charge in [0.1, 0.15) is 5.82 Å². The maximum Gasteiger partial charge on any atom is 0.314 e. The van der Waals surface area contributed by atoms with Crippen molar-refractivity contribution in [2.75, 3.05) is 19.0 Å². The Bertz CT molecular complexity index is 840. The summed E-state index contributed by atoms with van der Waals surface area (Å²) in [4.78, 5) is 44.9. The van der Waals surface area contributed by atoms with E-state index in [1.54, 1.807) is 19.9 Å². The number of aromatic nitrogens is 2. The van der Waals surface area contributed by atoms with Crippen molar-refractivity contribution in [3.8, 4) is 0 Å². The van der Waals surface area contributed by atoms with Gasteiger partial charge in [0.15, 0.2) is 0 Å². The van der Waals surface area contributed by atoms with Gasteiger partial charge in [-0.05, 0) is 33.1 Å². The van der Waals surface area contributed by atoms with Crippen LogP contribution in [0.3, 0.4) is 0 Å². The number of methoxy groups -OCH3 is 1. The molecule has 1 fully saturated rings. The fourth-order valence-corrected chi connectivity index (χ4v) is 3.15. The van der Waals surface area contributed by atoms with Crippen LogP contribution in [-0.2, 0) is 19.1 Å². The number of hydrogen-bond donors (Lipinski definition) is 2. The Morgan fingerprint density at radius 3 is 2.89 bits per heavy atom. The molecule has 0 bridgehead atoms. The van der Waals surface area contributed by atoms with Crippen LogP contribution in [0.5, 0.6) is 0 Å². The van der Waals surface area contributed by atoms with Gasteiger partial charge in [0.2, 0.25) is 0 Å². The van der Waals surface area contributed by atoms with Gasteiger partial charge < -0.3 is 15.4 Å². The molecule has 0 radical (unpaired) electrons. The number of nitrogens with one attached hydrogen (secondary N) is 2. The van der Waals surface area contributed by atoms with Crippen LogP contribution in [0.4, 0.5) is 5.82 Å². The summed E-state index contributed by atoms with van der Waals surface area (Å²) in [5.41, 5.74) is 1.38. The summed E-state index contributed by atoms with van der Waals surface area (Å²) in [6.07, 6.45) is 2.41. The van der Waals surface area contributed by atoms with E-state index in [-0.39, 0.29) is 36.3 Å². The number of nitrogens with zero attached hydrogens (tertiary/aromatic N) is 4. The minimum absolute atomic E-state index is 0.102. The minimum atomic E-state index is -0.853. The smallest absolute Gasteiger partial charge is 0.314 e. The second kappa shape index (κ2) is 7.78. The Labute approximate surface area is 156 Å². The predicted octanol–water partition coefficient (Wildman–Crippen LogP) is 0.267. The van der Waals surface area contributed by atoms with E-state index in [0.29, 0.717) is 5.69 Å². The van der Waals surface area contributed by atoms with Gasteiger partial charge in [-0.2, -0.15) is 14.8 Å². The highest BCUT2D eigenvalue weighted by Gasteiger charge is 2.33. The van der Waals surface area contributed by atoms with Crippen molar-refractivity contribution in [1.82, 2.24) is 15.1 Å². The van der Waals surface area contributed by atoms with Crippen molar-refractivity contribution in [3.63, 3.8) is 0 Å². The van der Waals surface area contributed by atoms with Gasteiger partial charge in [0.25, 0.3) is 11.9 Å². The number of carbonyl (C=O) groups excluding carboxylic acids is 3. The van der Waals surface area contributed by atoms with Crippen LogP contribution < -0.4 is 10.6 Å². The van der Waals surface area contributed by atoms with Crippen molar-refractivity contribution >= 4 is 35.2 Å². The molecule has 0 saturated heterocycles. The summed E-state index contributed by atoms with van der Waals surface area (Å²) in [6, 6.07) is 1.27. The number of anilines is 1. The molecule has 2 heterocycles. The second-order valence-corrected chi connectivity index (χ2v) is 6.66. The van der Waals surface area contributed by atoms with E-state index >= 15 is 0 Å². The first kappa shape index (κ1) is 18.9. The molecule has 1 saturated carbocycles. The van der Waals surface area contributed by atoms with Crippen molar-refractivity contribution in [3.05, 3.63) is 11.8 Å². The average Bonchev–Trinajstić information content (AvgIpc) is 3.21. The van der Waals surface area contributed by atoms with Gasteiger partial charge >= 0.3 is 11.8 Å². The van der Waals surface area contributed by atoms with Crippen LogP contribution >= 0.6 is 0 Å². The van der Waals surface area contributed by atoms with Crippen LogP contribution in [0.15, 0.2) is 16.1 Å². The van der Waals surface area contributed by atoms with E-state index in [1.807, 2.05) is 0 Å². The molecule has 2 aliphatic rings. The van der Waals surface area contributed by atoms with Gasteiger partial charge in [0.05, 0.1) is 18.2 Å². The summed E-state index contributed by atoms with van der Waals surface area (Å²) in [5, 5.41) is 9.27. The normalized spacial score (nSPS) is 19.8. The zero-order valence-corrected chi connectivity index (χ0v) is 15.5. The summed E-state index contributed by atoms with van der Waals surface area (Å²) in [6.45, 7) is 3.73. The van der Waals surface area contributed by atoms with Crippen LogP contribution in [0.1, 0.15) is 31.9 Å². The van der Waals surface area contributed by atoms with E-state index in [2.05, 4.69) is 25.7 Å². The molecule has 1 aliphatic carbocycles. The van der Waals surface area contributed by atoms with Crippen LogP contribution in [0.25, 0.3) is 0 Å². The molecule has 27 heavy (non-hydrogen) atoms. The molecule has 1 aliphatic heterocycles. The lowest BCUT2D eigenvalue weighted by Gasteiger charge is -2.15. The first-order chi connectivity index (χ1) is 12.9. The predicted molar refractivity (Wildman–Crippen MR) is 97.7 cm³/mol. The number of fused-ring (bicyclic) bond motifs is 1. The standard InChI is InChI=1S/C17H22N6O4/c1-9-7-13(20-16(26)15(25)18-10(2)8-27-3)23(22-9)17-19-12-6-4-5-11(12)14(24)21-17/h7,10-11H,4-6,8H2,1-3H3,(H,18,25)(H,20,26). The third-order valence-electron chi connectivity index (χ3n) is 4.34. The molecular formula is C17H22N6O4. The number of amides is 3. The maximum absolute atomic E-state index is 12.2. The molecule has 1 aromatic heterocycles. The van der Waals surface area contributed by atoms with Gasteiger partial charge in [-0.15, -0.1) is 0 Å². The van der Waals surface area contributed by atoms with Crippen molar-refractivity contribution in [2.45, 2.75) is 39.2 Å². The molecule has 1 aromatic rings. The molecule has 3 rings (SSSR count). The fourth-order valence-electron chi connectivity index (χ4n) is 3.15. The zero-order valence-electron chi connectivity index (χ0n) is 15.5. The Kier molecular flexibility index (Phi) is 5.45. The third-order valence-corrected chi connectivity index (χ3v) is 4.34. The summed E-state index contributed by atoms with van der Waals surface area (Å²) in [7, 11) is 1.51. The van der Waals surface area contributed by atoms with Gasteiger partial charge in [-0.3, -0.25) is 14.4 Å². The number of aliphatic imine (C=N–C) groups is 2. The third kappa shape index (κ3) is 4.11. The maximum atomic E-state index is 12.2. The monoisotopic (exact) mass is 374 g/mol. The lowest BCUT2D eigenvalue weighted by Crippen LogP contribution is -2.42. The highest BCUT2D eigenvalue weighted by molar-refractivity contribution is 6.39. The van der Waals surface area contributed by atoms with Crippen molar-refractivity contribution < 1.29 is 19.1 Å². The van der Waals surface area contributed by atoms with E-state index < -0.39 is 11.8 Å². The topological polar surface area (TPSA) is 127 Å². The molecule has 10 nitrogen and oxygen atoms in total. The first-order valence-corrected chi connectivity index (χ1v) is 8.77. The number of aryl methyl sites for hydroxylation is 1. The number of ether oxygens (including phenoxy) is 1. The lowest BCUT2D eigenvalue weighted by atomic mass is 10.1. The Morgan fingerprint density at radius 1 is 1.37 bits per heavy atom. The molecule has 3 amide bonds. The number of hydrogen-bond acceptors (Lipinski definition) is 6. The van der Waals surface area contributed by atoms with E-state index in [1.165, 1.54) is 11.8 Å². The summed E-state index contributed by atoms with van der Waals surface area (Å²) in [5.74, 6) is -1.81. The van der Waals surface area contributed by atoms with E-state index in [4.69, 9.17) is 4.74 Å².